The first kappa shape index (κ1) is 20.1. The van der Waals surface area contributed by atoms with Crippen LogP contribution in [0.4, 0.5) is 0 Å². The highest BCUT2D eigenvalue weighted by molar-refractivity contribution is 5.87. The monoisotopic (exact) mass is 292 g/mol. The molecule has 0 bridgehead atoms. The van der Waals surface area contributed by atoms with Gasteiger partial charge in [0.1, 0.15) is 0 Å². The molecule has 0 aromatic heterocycles. The molecule has 0 heterocycles. The fourth-order valence-corrected chi connectivity index (χ4v) is 2.63. The summed E-state index contributed by atoms with van der Waals surface area (Å²) in [6.45, 7) is 18.9. The lowest BCUT2D eigenvalue weighted by Gasteiger charge is -2.28. The summed E-state index contributed by atoms with van der Waals surface area (Å²) in [5.74, 6) is 0.444. The zero-order valence-corrected chi connectivity index (χ0v) is 14.9. The van der Waals surface area contributed by atoms with Crippen molar-refractivity contribution in [2.75, 3.05) is 0 Å². The van der Waals surface area contributed by atoms with Gasteiger partial charge in [-0.15, -0.1) is 6.58 Å². The summed E-state index contributed by atoms with van der Waals surface area (Å²) in [6.07, 6.45) is 8.71. The van der Waals surface area contributed by atoms with Crippen molar-refractivity contribution in [3.05, 3.63) is 24.9 Å². The van der Waals surface area contributed by atoms with Crippen molar-refractivity contribution in [3.63, 3.8) is 0 Å². The molecule has 0 saturated heterocycles. The van der Waals surface area contributed by atoms with E-state index in [4.69, 9.17) is 0 Å². The van der Waals surface area contributed by atoms with Gasteiger partial charge in [-0.3, -0.25) is 4.99 Å². The van der Waals surface area contributed by atoms with E-state index in [0.717, 1.165) is 19.3 Å². The fourth-order valence-electron chi connectivity index (χ4n) is 2.63. The van der Waals surface area contributed by atoms with E-state index in [9.17, 15) is 0 Å². The zero-order chi connectivity index (χ0) is 16.3. The van der Waals surface area contributed by atoms with Gasteiger partial charge in [0.25, 0.3) is 0 Å². The average molecular weight is 293 g/mol. The van der Waals surface area contributed by atoms with Crippen LogP contribution in [0.5, 0.6) is 0 Å². The first-order valence-electron chi connectivity index (χ1n) is 8.54. The van der Waals surface area contributed by atoms with Crippen LogP contribution < -0.4 is 5.32 Å². The van der Waals surface area contributed by atoms with Crippen molar-refractivity contribution >= 4 is 5.71 Å². The van der Waals surface area contributed by atoms with Gasteiger partial charge in [-0.2, -0.15) is 0 Å². The molecule has 21 heavy (non-hydrogen) atoms. The molecule has 0 aliphatic carbocycles. The second kappa shape index (κ2) is 11.7. The predicted molar refractivity (Wildman–Crippen MR) is 97.0 cm³/mol. The number of nitrogens with zero attached hydrogens (tertiary/aromatic N) is 1. The number of unbranched alkanes of at least 4 members (excludes halogenated alkanes) is 2. The molecule has 0 aromatic rings. The molecule has 0 rings (SSSR count). The van der Waals surface area contributed by atoms with E-state index in [-0.39, 0.29) is 0 Å². The van der Waals surface area contributed by atoms with Crippen LogP contribution >= 0.6 is 0 Å². The summed E-state index contributed by atoms with van der Waals surface area (Å²) in [4.78, 5) is 4.53. The Morgan fingerprint density at radius 2 is 1.90 bits per heavy atom. The van der Waals surface area contributed by atoms with Crippen LogP contribution in [-0.4, -0.2) is 17.8 Å². The van der Waals surface area contributed by atoms with Crippen molar-refractivity contribution in [1.29, 1.82) is 0 Å². The van der Waals surface area contributed by atoms with Crippen molar-refractivity contribution in [2.45, 2.75) is 85.2 Å². The van der Waals surface area contributed by atoms with Crippen LogP contribution in [0, 0.1) is 5.92 Å². The minimum atomic E-state index is 0.426. The van der Waals surface area contributed by atoms with Crippen LogP contribution in [0.2, 0.25) is 0 Å². The van der Waals surface area contributed by atoms with Gasteiger partial charge in [0.15, 0.2) is 0 Å². The first-order chi connectivity index (χ1) is 9.96. The quantitative estimate of drug-likeness (QED) is 0.286. The molecular formula is C19H36N2. The summed E-state index contributed by atoms with van der Waals surface area (Å²) in [7, 11) is 0. The Balaban J connectivity index is 4.60. The Morgan fingerprint density at radius 1 is 1.24 bits per heavy atom. The van der Waals surface area contributed by atoms with Gasteiger partial charge in [0.05, 0.1) is 0 Å². The number of nitrogens with one attached hydrogen (secondary N) is 1. The summed E-state index contributed by atoms with van der Waals surface area (Å²) in [5, 5.41) is 3.75. The molecule has 0 amide bonds. The maximum atomic E-state index is 4.53. The summed E-state index contributed by atoms with van der Waals surface area (Å²) in [6, 6.07) is 0.940. The minimum Gasteiger partial charge on any atom is -0.311 e. The molecule has 0 saturated carbocycles. The highest BCUT2D eigenvalue weighted by atomic mass is 15.0. The van der Waals surface area contributed by atoms with Crippen molar-refractivity contribution in [1.82, 2.24) is 5.32 Å². The Hall–Kier alpha value is -0.890. The van der Waals surface area contributed by atoms with Crippen LogP contribution in [-0.2, 0) is 0 Å². The first-order valence-corrected chi connectivity index (χ1v) is 8.54. The van der Waals surface area contributed by atoms with E-state index in [1.807, 2.05) is 0 Å². The number of hydrogen-bond donors (Lipinski definition) is 1. The molecule has 2 heteroatoms. The maximum absolute atomic E-state index is 4.53. The van der Waals surface area contributed by atoms with Gasteiger partial charge >= 0.3 is 0 Å². The number of hydrogen-bond acceptors (Lipinski definition) is 2. The highest BCUT2D eigenvalue weighted by Crippen LogP contribution is 2.15. The van der Waals surface area contributed by atoms with Gasteiger partial charge < -0.3 is 5.32 Å². The standard InChI is InChI=1S/C19H36N2/c1-8-11-12-13-19(20-10-3)16(6)17(7)21-18(9-2)14-15(4)5/h10,16-18,21H,3-4,8-9,11-14H2,1-2,5-7H3/b20-19-. The lowest BCUT2D eigenvalue weighted by molar-refractivity contribution is 0.391. The minimum absolute atomic E-state index is 0.426. The molecule has 3 unspecified atom stereocenters. The molecule has 0 radical (unpaired) electrons. The third kappa shape index (κ3) is 8.87. The SMILES string of the molecule is C=C/N=C(/CCCCC)C(C)C(C)NC(CC)CC(=C)C. The Labute approximate surface area is 132 Å². The third-order valence-corrected chi connectivity index (χ3v) is 4.16. The van der Waals surface area contributed by atoms with Crippen LogP contribution in [0.25, 0.3) is 0 Å². The lowest BCUT2D eigenvalue weighted by atomic mass is 9.92. The van der Waals surface area contributed by atoms with E-state index in [2.05, 4.69) is 58.1 Å². The molecule has 0 aromatic carbocycles. The molecule has 122 valence electrons. The van der Waals surface area contributed by atoms with Crippen LogP contribution in [0.15, 0.2) is 29.9 Å². The molecule has 0 aliphatic heterocycles. The van der Waals surface area contributed by atoms with Crippen LogP contribution in [0.1, 0.15) is 73.1 Å². The smallest absolute Gasteiger partial charge is 0.0222 e. The molecule has 0 aliphatic rings. The molecule has 2 nitrogen and oxygen atoms in total. The Bertz CT molecular complexity index is 330. The van der Waals surface area contributed by atoms with E-state index in [0.29, 0.717) is 18.0 Å². The third-order valence-electron chi connectivity index (χ3n) is 4.16. The topological polar surface area (TPSA) is 24.4 Å². The van der Waals surface area contributed by atoms with E-state index >= 15 is 0 Å². The number of aliphatic imine (C=N–C) groups is 1. The van der Waals surface area contributed by atoms with Crippen molar-refractivity contribution < 1.29 is 0 Å². The van der Waals surface area contributed by atoms with E-state index in [1.54, 1.807) is 6.20 Å². The van der Waals surface area contributed by atoms with Gasteiger partial charge in [-0.05, 0) is 39.5 Å². The van der Waals surface area contributed by atoms with Crippen LogP contribution in [0.3, 0.4) is 0 Å². The van der Waals surface area contributed by atoms with Crippen molar-refractivity contribution in [2.24, 2.45) is 10.9 Å². The fraction of sp³-hybridized carbons (Fsp3) is 0.737. The Morgan fingerprint density at radius 3 is 2.38 bits per heavy atom. The normalized spacial score (nSPS) is 16.3. The maximum Gasteiger partial charge on any atom is 0.0222 e. The van der Waals surface area contributed by atoms with Gasteiger partial charge in [-0.25, -0.2) is 0 Å². The molecule has 3 atom stereocenters. The summed E-state index contributed by atoms with van der Waals surface area (Å²) in [5.41, 5.74) is 2.53. The average Bonchev–Trinajstić information content (AvgIpc) is 2.44. The largest absolute Gasteiger partial charge is 0.311 e. The van der Waals surface area contributed by atoms with Gasteiger partial charge in [-0.1, -0.05) is 45.8 Å². The van der Waals surface area contributed by atoms with Gasteiger partial charge in [0, 0.05) is 29.9 Å². The second-order valence-corrected chi connectivity index (χ2v) is 6.27. The molecule has 0 fully saturated rings. The Kier molecular flexibility index (Phi) is 11.2. The predicted octanol–water partition coefficient (Wildman–Crippen LogP) is 5.51. The molecule has 1 N–H and O–H groups in total. The van der Waals surface area contributed by atoms with Crippen molar-refractivity contribution in [3.8, 4) is 0 Å². The van der Waals surface area contributed by atoms with E-state index in [1.165, 1.54) is 30.5 Å². The van der Waals surface area contributed by atoms with Gasteiger partial charge in [0.2, 0.25) is 0 Å². The summed E-state index contributed by atoms with van der Waals surface area (Å²) >= 11 is 0. The van der Waals surface area contributed by atoms with E-state index < -0.39 is 0 Å². The second-order valence-electron chi connectivity index (χ2n) is 6.27. The molecular weight excluding hydrogens is 256 g/mol. The highest BCUT2D eigenvalue weighted by Gasteiger charge is 2.20. The lowest BCUT2D eigenvalue weighted by Crippen LogP contribution is -2.42. The zero-order valence-electron chi connectivity index (χ0n) is 14.9. The number of rotatable bonds is 12. The molecule has 0 spiro atoms. The summed E-state index contributed by atoms with van der Waals surface area (Å²) < 4.78 is 0.